The molecular weight excluding hydrogens is 360 g/mol. The second-order valence-electron chi connectivity index (χ2n) is 6.48. The highest BCUT2D eigenvalue weighted by atomic mass is 32.2. The number of carbonyl (C=O) groups is 1. The fourth-order valence-electron chi connectivity index (χ4n) is 3.28. The van der Waals surface area contributed by atoms with Crippen LogP contribution in [0.4, 0.5) is 0 Å². The lowest BCUT2D eigenvalue weighted by molar-refractivity contribution is -0.257. The number of hydrogen-bond acceptors (Lipinski definition) is 6. The molecule has 1 spiro atoms. The van der Waals surface area contributed by atoms with E-state index < -0.39 is 15.8 Å². The molecule has 0 aromatic heterocycles. The quantitative estimate of drug-likeness (QED) is 0.756. The maximum atomic E-state index is 13.0. The van der Waals surface area contributed by atoms with Crippen molar-refractivity contribution < 1.29 is 27.4 Å². The number of amides is 1. The zero-order chi connectivity index (χ0) is 18.8. The van der Waals surface area contributed by atoms with E-state index >= 15 is 0 Å². The van der Waals surface area contributed by atoms with Crippen LogP contribution in [0.2, 0.25) is 0 Å². The van der Waals surface area contributed by atoms with Crippen LogP contribution in [-0.2, 0) is 19.5 Å². The number of benzene rings is 1. The minimum Gasteiger partial charge on any atom is -0.496 e. The first-order valence-corrected chi connectivity index (χ1v) is 10.3. The van der Waals surface area contributed by atoms with Crippen LogP contribution in [0, 0.1) is 0 Å². The van der Waals surface area contributed by atoms with E-state index in [1.165, 1.54) is 17.7 Å². The summed E-state index contributed by atoms with van der Waals surface area (Å²) in [5.41, 5.74) is 0.459. The van der Waals surface area contributed by atoms with Crippen LogP contribution in [0.1, 0.15) is 16.8 Å². The van der Waals surface area contributed by atoms with Gasteiger partial charge in [0.1, 0.15) is 5.75 Å². The monoisotopic (exact) mass is 384 g/mol. The van der Waals surface area contributed by atoms with E-state index in [4.69, 9.17) is 14.2 Å². The average Bonchev–Trinajstić information content (AvgIpc) is 2.83. The highest BCUT2D eigenvalue weighted by molar-refractivity contribution is 7.88. The van der Waals surface area contributed by atoms with Gasteiger partial charge in [-0.05, 0) is 18.6 Å². The Hall–Kier alpha value is -1.68. The Kier molecular flexibility index (Phi) is 5.52. The molecule has 2 aliphatic rings. The summed E-state index contributed by atoms with van der Waals surface area (Å²) in [6.45, 7) is 1.67. The molecule has 1 amide bonds. The number of hydrogen-bond donors (Lipinski definition) is 0. The number of methoxy groups -OCH3 is 1. The van der Waals surface area contributed by atoms with Crippen LogP contribution in [0.3, 0.4) is 0 Å². The second kappa shape index (κ2) is 7.51. The van der Waals surface area contributed by atoms with E-state index in [1.54, 1.807) is 29.2 Å². The number of para-hydroxylation sites is 1. The average molecular weight is 384 g/mol. The fourth-order valence-corrected chi connectivity index (χ4v) is 4.17. The van der Waals surface area contributed by atoms with Crippen molar-refractivity contribution in [3.05, 3.63) is 29.8 Å². The number of sulfonamides is 1. The van der Waals surface area contributed by atoms with Crippen molar-refractivity contribution in [3.63, 3.8) is 0 Å². The molecule has 0 bridgehead atoms. The Bertz CT molecular complexity index is 768. The van der Waals surface area contributed by atoms with Gasteiger partial charge in [0.15, 0.2) is 5.79 Å². The summed E-state index contributed by atoms with van der Waals surface area (Å²) in [4.78, 5) is 14.6. The van der Waals surface area contributed by atoms with Crippen LogP contribution < -0.4 is 4.74 Å². The van der Waals surface area contributed by atoms with E-state index in [0.29, 0.717) is 37.4 Å². The first-order chi connectivity index (χ1) is 12.3. The van der Waals surface area contributed by atoms with Gasteiger partial charge in [-0.2, -0.15) is 4.31 Å². The Labute approximate surface area is 153 Å². The molecule has 2 fully saturated rings. The Balaban J connectivity index is 1.82. The highest BCUT2D eigenvalue weighted by Gasteiger charge is 2.44. The molecule has 0 N–H and O–H groups in total. The molecule has 1 atom stereocenters. The standard InChI is InChI=1S/C17H24N2O6S/c1-23-15-7-4-3-6-14(15)16(20)18-9-11-25-17(12-18)13-19(26(2,21)22)8-5-10-24-17/h3-4,6-7H,5,8-13H2,1-2H3. The first kappa shape index (κ1) is 19.1. The molecule has 26 heavy (non-hydrogen) atoms. The van der Waals surface area contributed by atoms with Crippen molar-refractivity contribution in [2.24, 2.45) is 0 Å². The number of carbonyl (C=O) groups excluding carboxylic acids is 1. The van der Waals surface area contributed by atoms with Crippen LogP contribution in [0.5, 0.6) is 5.75 Å². The summed E-state index contributed by atoms with van der Waals surface area (Å²) < 4.78 is 42.4. The van der Waals surface area contributed by atoms with Gasteiger partial charge in [0, 0.05) is 13.1 Å². The first-order valence-electron chi connectivity index (χ1n) is 8.50. The third-order valence-electron chi connectivity index (χ3n) is 4.59. The Morgan fingerprint density at radius 3 is 2.62 bits per heavy atom. The Morgan fingerprint density at radius 2 is 1.88 bits per heavy atom. The third-order valence-corrected chi connectivity index (χ3v) is 5.84. The SMILES string of the molecule is COc1ccccc1C(=O)N1CCOC2(C1)CN(S(C)(=O)=O)CCCO2. The van der Waals surface area contributed by atoms with Crippen LogP contribution in [-0.4, -0.2) is 82.1 Å². The van der Waals surface area contributed by atoms with Gasteiger partial charge in [-0.3, -0.25) is 4.79 Å². The van der Waals surface area contributed by atoms with E-state index in [0.717, 1.165) is 0 Å². The lowest BCUT2D eigenvalue weighted by atomic mass is 10.1. The molecule has 9 heteroatoms. The summed E-state index contributed by atoms with van der Waals surface area (Å²) in [6, 6.07) is 7.02. The van der Waals surface area contributed by atoms with Gasteiger partial charge in [-0.25, -0.2) is 8.42 Å². The van der Waals surface area contributed by atoms with Crippen molar-refractivity contribution in [2.75, 3.05) is 52.8 Å². The molecule has 2 aliphatic heterocycles. The topological polar surface area (TPSA) is 85.4 Å². The van der Waals surface area contributed by atoms with Gasteiger partial charge in [-0.1, -0.05) is 12.1 Å². The van der Waals surface area contributed by atoms with Crippen molar-refractivity contribution in [1.29, 1.82) is 0 Å². The molecule has 144 valence electrons. The predicted molar refractivity (Wildman–Crippen MR) is 94.6 cm³/mol. The summed E-state index contributed by atoms with van der Waals surface area (Å²) in [5.74, 6) is -0.836. The lowest BCUT2D eigenvalue weighted by Crippen LogP contribution is -2.59. The van der Waals surface area contributed by atoms with E-state index in [9.17, 15) is 13.2 Å². The van der Waals surface area contributed by atoms with Crippen molar-refractivity contribution in [3.8, 4) is 5.75 Å². The van der Waals surface area contributed by atoms with Crippen molar-refractivity contribution >= 4 is 15.9 Å². The van der Waals surface area contributed by atoms with Crippen molar-refractivity contribution in [1.82, 2.24) is 9.21 Å². The molecule has 8 nitrogen and oxygen atoms in total. The van der Waals surface area contributed by atoms with Gasteiger partial charge >= 0.3 is 0 Å². The van der Waals surface area contributed by atoms with E-state index in [-0.39, 0.29) is 25.6 Å². The highest BCUT2D eigenvalue weighted by Crippen LogP contribution is 2.28. The van der Waals surface area contributed by atoms with E-state index in [2.05, 4.69) is 0 Å². The predicted octanol–water partition coefficient (Wildman–Crippen LogP) is 0.546. The normalized spacial score (nSPS) is 25.1. The summed E-state index contributed by atoms with van der Waals surface area (Å²) in [7, 11) is -1.86. The number of morpholine rings is 1. The van der Waals surface area contributed by atoms with Gasteiger partial charge < -0.3 is 19.1 Å². The Morgan fingerprint density at radius 1 is 1.15 bits per heavy atom. The minimum absolute atomic E-state index is 0.0710. The van der Waals surface area contributed by atoms with Gasteiger partial charge in [0.25, 0.3) is 5.91 Å². The van der Waals surface area contributed by atoms with Crippen molar-refractivity contribution in [2.45, 2.75) is 12.2 Å². The maximum Gasteiger partial charge on any atom is 0.257 e. The smallest absolute Gasteiger partial charge is 0.257 e. The molecule has 2 heterocycles. The molecule has 3 rings (SSSR count). The fraction of sp³-hybridized carbons (Fsp3) is 0.588. The molecule has 1 aromatic carbocycles. The van der Waals surface area contributed by atoms with Gasteiger partial charge in [-0.15, -0.1) is 0 Å². The maximum absolute atomic E-state index is 13.0. The van der Waals surface area contributed by atoms with Crippen LogP contribution >= 0.6 is 0 Å². The summed E-state index contributed by atoms with van der Waals surface area (Å²) in [6.07, 6.45) is 1.76. The zero-order valence-corrected chi connectivity index (χ0v) is 15.8. The molecule has 0 aliphatic carbocycles. The third kappa shape index (κ3) is 4.01. The molecule has 1 aromatic rings. The summed E-state index contributed by atoms with van der Waals surface area (Å²) in [5, 5.41) is 0. The zero-order valence-electron chi connectivity index (χ0n) is 15.0. The molecule has 1 unspecified atom stereocenters. The van der Waals surface area contributed by atoms with Crippen LogP contribution in [0.25, 0.3) is 0 Å². The number of nitrogens with zero attached hydrogens (tertiary/aromatic N) is 2. The second-order valence-corrected chi connectivity index (χ2v) is 8.47. The number of ether oxygens (including phenoxy) is 3. The van der Waals surface area contributed by atoms with Gasteiger partial charge in [0.05, 0.1) is 45.2 Å². The molecule has 0 radical (unpaired) electrons. The largest absolute Gasteiger partial charge is 0.496 e. The molecule has 0 saturated carbocycles. The van der Waals surface area contributed by atoms with E-state index in [1.807, 2.05) is 0 Å². The van der Waals surface area contributed by atoms with Gasteiger partial charge in [0.2, 0.25) is 10.0 Å². The minimum atomic E-state index is -3.38. The lowest BCUT2D eigenvalue weighted by Gasteiger charge is -2.42. The summed E-state index contributed by atoms with van der Waals surface area (Å²) >= 11 is 0. The number of rotatable bonds is 3. The van der Waals surface area contributed by atoms with Crippen LogP contribution in [0.15, 0.2) is 24.3 Å². The molecular formula is C17H24N2O6S. The molecule has 2 saturated heterocycles.